The van der Waals surface area contributed by atoms with Crippen molar-refractivity contribution in [3.8, 4) is 5.75 Å². The lowest BCUT2D eigenvalue weighted by atomic mass is 10.3. The van der Waals surface area contributed by atoms with Gasteiger partial charge >= 0.3 is 0 Å². The second-order valence-corrected chi connectivity index (χ2v) is 6.23. The summed E-state index contributed by atoms with van der Waals surface area (Å²) in [5.41, 5.74) is 0. The number of methoxy groups -OCH3 is 1. The van der Waals surface area contributed by atoms with Crippen molar-refractivity contribution < 1.29 is 13.2 Å². The van der Waals surface area contributed by atoms with Gasteiger partial charge in [0.25, 0.3) is 0 Å². The molecule has 18 heavy (non-hydrogen) atoms. The minimum Gasteiger partial charge on any atom is -0.495 e. The minimum absolute atomic E-state index is 0.00123. The fraction of sp³-hybridized carbons (Fsp3) is 0.455. The Hall–Kier alpha value is -0.490. The molecule has 0 aliphatic rings. The molecule has 0 bridgehead atoms. The summed E-state index contributed by atoms with van der Waals surface area (Å²) in [6, 6.07) is 2.72. The first kappa shape index (κ1) is 15.6. The summed E-state index contributed by atoms with van der Waals surface area (Å²) in [4.78, 5) is -0.00123. The van der Waals surface area contributed by atoms with E-state index < -0.39 is 10.0 Å². The Bertz CT molecular complexity index is 527. The number of nitrogens with zero attached hydrogens (tertiary/aromatic N) is 1. The van der Waals surface area contributed by atoms with E-state index in [0.717, 1.165) is 0 Å². The Kier molecular flexibility index (Phi) is 5.28. The largest absolute Gasteiger partial charge is 0.495 e. The van der Waals surface area contributed by atoms with Crippen LogP contribution >= 0.6 is 23.2 Å². The van der Waals surface area contributed by atoms with E-state index in [1.54, 1.807) is 13.8 Å². The van der Waals surface area contributed by atoms with E-state index in [4.69, 9.17) is 27.9 Å². The summed E-state index contributed by atoms with van der Waals surface area (Å²) >= 11 is 11.9. The molecule has 0 radical (unpaired) electrons. The molecule has 4 nitrogen and oxygen atoms in total. The first-order valence-corrected chi connectivity index (χ1v) is 7.61. The molecule has 0 aliphatic carbocycles. The summed E-state index contributed by atoms with van der Waals surface area (Å²) in [6.45, 7) is 4.28. The van der Waals surface area contributed by atoms with Crippen LogP contribution in [0, 0.1) is 0 Å². The lowest BCUT2D eigenvalue weighted by Crippen LogP contribution is -2.30. The van der Waals surface area contributed by atoms with E-state index in [1.165, 1.54) is 23.5 Å². The molecule has 0 unspecified atom stereocenters. The lowest BCUT2D eigenvalue weighted by Gasteiger charge is -2.19. The van der Waals surface area contributed by atoms with Gasteiger partial charge in [0.15, 0.2) is 0 Å². The monoisotopic (exact) mass is 311 g/mol. The van der Waals surface area contributed by atoms with E-state index in [2.05, 4.69) is 0 Å². The van der Waals surface area contributed by atoms with Crippen LogP contribution in [0.1, 0.15) is 13.8 Å². The Labute approximate surface area is 117 Å². The topological polar surface area (TPSA) is 46.6 Å². The molecule has 0 fully saturated rings. The molecule has 102 valence electrons. The van der Waals surface area contributed by atoms with Crippen molar-refractivity contribution in [3.63, 3.8) is 0 Å². The van der Waals surface area contributed by atoms with Crippen LogP contribution in [0.5, 0.6) is 5.75 Å². The third-order valence-electron chi connectivity index (χ3n) is 2.53. The highest BCUT2D eigenvalue weighted by atomic mass is 35.5. The van der Waals surface area contributed by atoms with E-state index in [9.17, 15) is 8.42 Å². The predicted octanol–water partition coefficient (Wildman–Crippen LogP) is 3.03. The molecule has 1 rings (SSSR count). The van der Waals surface area contributed by atoms with Gasteiger partial charge in [0.05, 0.1) is 17.2 Å². The highest BCUT2D eigenvalue weighted by molar-refractivity contribution is 7.89. The third kappa shape index (κ3) is 2.91. The van der Waals surface area contributed by atoms with Crippen molar-refractivity contribution in [1.29, 1.82) is 0 Å². The summed E-state index contributed by atoms with van der Waals surface area (Å²) in [5.74, 6) is 0.347. The van der Waals surface area contributed by atoms with Crippen molar-refractivity contribution >= 4 is 33.2 Å². The van der Waals surface area contributed by atoms with Crippen LogP contribution in [-0.4, -0.2) is 32.9 Å². The Morgan fingerprint density at radius 2 is 1.72 bits per heavy atom. The van der Waals surface area contributed by atoms with Gasteiger partial charge in [0.1, 0.15) is 10.6 Å². The van der Waals surface area contributed by atoms with E-state index in [1.807, 2.05) is 0 Å². The number of hydrogen-bond acceptors (Lipinski definition) is 3. The van der Waals surface area contributed by atoms with Gasteiger partial charge in [-0.25, -0.2) is 8.42 Å². The van der Waals surface area contributed by atoms with Crippen LogP contribution < -0.4 is 4.74 Å². The fourth-order valence-corrected chi connectivity index (χ4v) is 3.85. The van der Waals surface area contributed by atoms with Gasteiger partial charge in [0, 0.05) is 19.2 Å². The van der Waals surface area contributed by atoms with Gasteiger partial charge in [-0.05, 0) is 6.07 Å². The van der Waals surface area contributed by atoms with Gasteiger partial charge in [-0.2, -0.15) is 4.31 Å². The smallest absolute Gasteiger partial charge is 0.244 e. The molecule has 0 N–H and O–H groups in total. The molecule has 7 heteroatoms. The standard InChI is InChI=1S/C11H15Cl2NO3S/c1-4-14(5-2)18(15,16)11-7-8(12)10(17-3)6-9(11)13/h6-7H,4-5H2,1-3H3. The Morgan fingerprint density at radius 1 is 1.17 bits per heavy atom. The maximum atomic E-state index is 12.3. The van der Waals surface area contributed by atoms with E-state index in [-0.39, 0.29) is 14.9 Å². The SMILES string of the molecule is CCN(CC)S(=O)(=O)c1cc(Cl)c(OC)cc1Cl. The van der Waals surface area contributed by atoms with Gasteiger partial charge in [-0.15, -0.1) is 0 Å². The maximum absolute atomic E-state index is 12.3. The fourth-order valence-electron chi connectivity index (χ4n) is 1.57. The molecule has 0 aliphatic heterocycles. The first-order valence-electron chi connectivity index (χ1n) is 5.41. The first-order chi connectivity index (χ1) is 8.38. The molecule has 0 atom stereocenters. The molecule has 0 aromatic heterocycles. The molecule has 0 spiro atoms. The number of benzene rings is 1. The summed E-state index contributed by atoms with van der Waals surface area (Å²) in [5, 5.41) is 0.316. The average molecular weight is 312 g/mol. The zero-order valence-electron chi connectivity index (χ0n) is 10.4. The lowest BCUT2D eigenvalue weighted by molar-refractivity contribution is 0.414. The zero-order chi connectivity index (χ0) is 13.9. The number of halogens is 2. The normalized spacial score (nSPS) is 11.9. The van der Waals surface area contributed by atoms with Gasteiger partial charge in [-0.3, -0.25) is 0 Å². The second-order valence-electron chi connectivity index (χ2n) is 3.51. The Balaban J connectivity index is 3.38. The van der Waals surface area contributed by atoms with Crippen molar-refractivity contribution in [2.45, 2.75) is 18.7 Å². The van der Waals surface area contributed by atoms with Crippen LogP contribution in [0.4, 0.5) is 0 Å². The Morgan fingerprint density at radius 3 is 2.17 bits per heavy atom. The van der Waals surface area contributed by atoms with Crippen LogP contribution in [0.3, 0.4) is 0 Å². The molecule has 1 aromatic rings. The minimum atomic E-state index is -3.62. The third-order valence-corrected chi connectivity index (χ3v) is 5.34. The zero-order valence-corrected chi connectivity index (χ0v) is 12.7. The molecule has 0 saturated carbocycles. The highest BCUT2D eigenvalue weighted by Crippen LogP contribution is 2.34. The summed E-state index contributed by atoms with van der Waals surface area (Å²) in [7, 11) is -2.18. The van der Waals surface area contributed by atoms with Crippen molar-refractivity contribution in [2.75, 3.05) is 20.2 Å². The maximum Gasteiger partial charge on any atom is 0.244 e. The summed E-state index contributed by atoms with van der Waals surface area (Å²) < 4.78 is 30.9. The van der Waals surface area contributed by atoms with Crippen LogP contribution in [0.15, 0.2) is 17.0 Å². The average Bonchev–Trinajstić information content (AvgIpc) is 2.32. The molecular formula is C11H15Cl2NO3S. The number of sulfonamides is 1. The summed E-state index contributed by atoms with van der Waals surface area (Å²) in [6.07, 6.45) is 0. The quantitative estimate of drug-likeness (QED) is 0.839. The van der Waals surface area contributed by atoms with Crippen LogP contribution in [0.25, 0.3) is 0 Å². The van der Waals surface area contributed by atoms with Gasteiger partial charge in [-0.1, -0.05) is 37.0 Å². The number of rotatable bonds is 5. The van der Waals surface area contributed by atoms with E-state index in [0.29, 0.717) is 18.8 Å². The van der Waals surface area contributed by atoms with Crippen LogP contribution in [-0.2, 0) is 10.0 Å². The molecule has 0 heterocycles. The predicted molar refractivity (Wildman–Crippen MR) is 73.1 cm³/mol. The molecule has 0 amide bonds. The molecular weight excluding hydrogens is 297 g/mol. The second kappa shape index (κ2) is 6.10. The van der Waals surface area contributed by atoms with E-state index >= 15 is 0 Å². The van der Waals surface area contributed by atoms with Crippen molar-refractivity contribution in [1.82, 2.24) is 4.31 Å². The van der Waals surface area contributed by atoms with Crippen LogP contribution in [0.2, 0.25) is 10.0 Å². The number of hydrogen-bond donors (Lipinski definition) is 0. The molecule has 0 saturated heterocycles. The van der Waals surface area contributed by atoms with Crippen molar-refractivity contribution in [3.05, 3.63) is 22.2 Å². The van der Waals surface area contributed by atoms with Gasteiger partial charge < -0.3 is 4.74 Å². The highest BCUT2D eigenvalue weighted by Gasteiger charge is 2.25. The number of ether oxygens (including phenoxy) is 1. The van der Waals surface area contributed by atoms with Gasteiger partial charge in [0.2, 0.25) is 10.0 Å². The molecule has 1 aromatic carbocycles. The van der Waals surface area contributed by atoms with Crippen molar-refractivity contribution in [2.24, 2.45) is 0 Å².